The third-order valence-corrected chi connectivity index (χ3v) is 10.8. The summed E-state index contributed by atoms with van der Waals surface area (Å²) in [5, 5.41) is 0. The maximum atomic E-state index is 13.5. The fraction of sp³-hybridized carbons (Fsp3) is 0.615. The quantitative estimate of drug-likeness (QED) is 0.239. The molecule has 0 amide bonds. The first-order valence-electron chi connectivity index (χ1n) is 12.7. The second-order valence-corrected chi connectivity index (χ2v) is 13.2. The SMILES string of the molecule is O=C1C2CC3CC1CC(C(=O)OC1C4CC5C1OC(=O)C5(C(=O)Oc1ccc(S(=O)(=O)[O-])cc1)C4)(C3)C2. The van der Waals surface area contributed by atoms with Crippen LogP contribution in [0.15, 0.2) is 29.2 Å². The Labute approximate surface area is 212 Å². The summed E-state index contributed by atoms with van der Waals surface area (Å²) in [5.41, 5.74) is -2.15. The number of carbonyl (C=O) groups is 4. The van der Waals surface area contributed by atoms with Crippen LogP contribution in [0.5, 0.6) is 5.75 Å². The van der Waals surface area contributed by atoms with Crippen LogP contribution < -0.4 is 4.74 Å². The molecule has 11 heteroatoms. The first-order chi connectivity index (χ1) is 17.5. The van der Waals surface area contributed by atoms with Gasteiger partial charge in [-0.15, -0.1) is 0 Å². The molecule has 1 heterocycles. The van der Waals surface area contributed by atoms with Crippen LogP contribution in [0.2, 0.25) is 0 Å². The Kier molecular flexibility index (Phi) is 4.67. The van der Waals surface area contributed by atoms with Crippen LogP contribution in [0.4, 0.5) is 0 Å². The molecule has 1 aromatic rings. The number of ketones is 1. The maximum absolute atomic E-state index is 13.5. The van der Waals surface area contributed by atoms with Crippen LogP contribution in [0.25, 0.3) is 0 Å². The fourth-order valence-electron chi connectivity index (χ4n) is 8.55. The van der Waals surface area contributed by atoms with Gasteiger partial charge in [-0.2, -0.15) is 0 Å². The van der Waals surface area contributed by atoms with E-state index >= 15 is 0 Å². The molecule has 0 aromatic heterocycles. The third kappa shape index (κ3) is 3.16. The van der Waals surface area contributed by atoms with Crippen LogP contribution in [-0.4, -0.2) is 48.9 Å². The minimum Gasteiger partial charge on any atom is -0.744 e. The lowest BCUT2D eigenvalue weighted by Gasteiger charge is -2.54. The van der Waals surface area contributed by atoms with Crippen molar-refractivity contribution in [2.75, 3.05) is 0 Å². The number of carbonyl (C=O) groups excluding carboxylic acids is 4. The van der Waals surface area contributed by atoms with Gasteiger partial charge >= 0.3 is 17.9 Å². The van der Waals surface area contributed by atoms with Gasteiger partial charge in [-0.1, -0.05) is 0 Å². The van der Waals surface area contributed by atoms with E-state index in [0.717, 1.165) is 31.4 Å². The summed E-state index contributed by atoms with van der Waals surface area (Å²) < 4.78 is 50.5. The van der Waals surface area contributed by atoms with Gasteiger partial charge in [-0.3, -0.25) is 19.2 Å². The molecule has 196 valence electrons. The summed E-state index contributed by atoms with van der Waals surface area (Å²) in [7, 11) is -4.65. The van der Waals surface area contributed by atoms with Crippen molar-refractivity contribution in [2.24, 2.45) is 40.4 Å². The first-order valence-corrected chi connectivity index (χ1v) is 14.2. The topological polar surface area (TPSA) is 153 Å². The number of hydrogen-bond acceptors (Lipinski definition) is 10. The molecule has 0 N–H and O–H groups in total. The van der Waals surface area contributed by atoms with Crippen molar-refractivity contribution in [1.82, 2.24) is 0 Å². The largest absolute Gasteiger partial charge is 0.744 e. The Bertz CT molecular complexity index is 1330. The molecule has 10 nitrogen and oxygen atoms in total. The summed E-state index contributed by atoms with van der Waals surface area (Å²) in [6.45, 7) is 0. The predicted molar refractivity (Wildman–Crippen MR) is 119 cm³/mol. The molecule has 0 spiro atoms. The zero-order chi connectivity index (χ0) is 25.9. The van der Waals surface area contributed by atoms with E-state index in [1.807, 2.05) is 0 Å². The van der Waals surface area contributed by atoms with E-state index in [0.29, 0.717) is 25.2 Å². The van der Waals surface area contributed by atoms with Crippen molar-refractivity contribution < 1.29 is 46.4 Å². The van der Waals surface area contributed by atoms with Crippen molar-refractivity contribution in [3.63, 3.8) is 0 Å². The number of ether oxygens (including phenoxy) is 3. The van der Waals surface area contributed by atoms with E-state index in [4.69, 9.17) is 14.2 Å². The fourth-order valence-corrected chi connectivity index (χ4v) is 9.02. The van der Waals surface area contributed by atoms with Gasteiger partial charge in [0.15, 0.2) is 5.41 Å². The minimum atomic E-state index is -4.65. The van der Waals surface area contributed by atoms with E-state index in [1.165, 1.54) is 12.1 Å². The number of rotatable bonds is 5. The van der Waals surface area contributed by atoms with Gasteiger partial charge in [-0.25, -0.2) is 8.42 Å². The summed E-state index contributed by atoms with van der Waals surface area (Å²) in [5.74, 6) is -1.99. The molecule has 8 rings (SSSR count). The number of esters is 3. The lowest BCUT2D eigenvalue weighted by Crippen LogP contribution is -2.56. The van der Waals surface area contributed by atoms with Crippen LogP contribution in [0.1, 0.15) is 44.9 Å². The molecule has 0 radical (unpaired) electrons. The summed E-state index contributed by atoms with van der Waals surface area (Å²) in [6.07, 6.45) is 2.78. The van der Waals surface area contributed by atoms with Crippen molar-refractivity contribution in [2.45, 2.75) is 62.0 Å². The second kappa shape index (κ2) is 7.41. The molecule has 7 fully saturated rings. The highest BCUT2D eigenvalue weighted by atomic mass is 32.2. The van der Waals surface area contributed by atoms with Gasteiger partial charge in [-0.05, 0) is 75.1 Å². The summed E-state index contributed by atoms with van der Waals surface area (Å²) in [4.78, 5) is 51.8. The average molecular weight is 530 g/mol. The smallest absolute Gasteiger partial charge is 0.329 e. The van der Waals surface area contributed by atoms with Gasteiger partial charge in [0.05, 0.1) is 10.3 Å². The van der Waals surface area contributed by atoms with Gasteiger partial charge in [0.25, 0.3) is 0 Å². The number of fused-ring (bicyclic) bond motifs is 1. The Hall–Kier alpha value is -2.79. The molecule has 7 aliphatic rings. The minimum absolute atomic E-state index is 0.00476. The Morgan fingerprint density at radius 1 is 0.946 bits per heavy atom. The van der Waals surface area contributed by atoms with Crippen molar-refractivity contribution in [1.29, 1.82) is 0 Å². The zero-order valence-electron chi connectivity index (χ0n) is 19.8. The maximum Gasteiger partial charge on any atom is 0.329 e. The van der Waals surface area contributed by atoms with E-state index in [9.17, 15) is 32.1 Å². The van der Waals surface area contributed by atoms with Gasteiger partial charge in [0.1, 0.15) is 33.9 Å². The average Bonchev–Trinajstić information content (AvgIpc) is 3.44. The first kappa shape index (κ1) is 23.3. The highest BCUT2D eigenvalue weighted by Gasteiger charge is 2.76. The zero-order valence-corrected chi connectivity index (χ0v) is 20.6. The molecule has 37 heavy (non-hydrogen) atoms. The van der Waals surface area contributed by atoms with Crippen molar-refractivity contribution >= 4 is 33.8 Å². The van der Waals surface area contributed by atoms with Crippen LogP contribution in [-0.2, 0) is 38.8 Å². The molecule has 1 aromatic carbocycles. The third-order valence-electron chi connectivity index (χ3n) is 9.92. The second-order valence-electron chi connectivity index (χ2n) is 11.9. The van der Waals surface area contributed by atoms with Crippen LogP contribution in [0.3, 0.4) is 0 Å². The van der Waals surface area contributed by atoms with Gasteiger partial charge in [0.2, 0.25) is 0 Å². The number of hydrogen-bond donors (Lipinski definition) is 0. The molecule has 7 unspecified atom stereocenters. The van der Waals surface area contributed by atoms with Gasteiger partial charge in [0, 0.05) is 23.7 Å². The summed E-state index contributed by atoms with van der Waals surface area (Å²) in [6, 6.07) is 4.44. The Morgan fingerprint density at radius 2 is 1.62 bits per heavy atom. The van der Waals surface area contributed by atoms with E-state index in [2.05, 4.69) is 0 Å². The van der Waals surface area contributed by atoms with E-state index in [-0.39, 0.29) is 41.7 Å². The monoisotopic (exact) mass is 529 g/mol. The predicted octanol–water partition coefficient (Wildman–Crippen LogP) is 1.75. The number of benzene rings is 1. The summed E-state index contributed by atoms with van der Waals surface area (Å²) >= 11 is 0. The molecule has 6 saturated carbocycles. The Balaban J connectivity index is 1.07. The Morgan fingerprint density at radius 3 is 2.27 bits per heavy atom. The number of Topliss-reactive ketones (excluding diaryl/α,β-unsaturated/α-hetero) is 1. The lowest BCUT2D eigenvalue weighted by molar-refractivity contribution is -0.186. The van der Waals surface area contributed by atoms with Crippen LogP contribution in [0, 0.1) is 40.4 Å². The highest BCUT2D eigenvalue weighted by molar-refractivity contribution is 7.85. The molecular formula is C26H25O10S-. The van der Waals surface area contributed by atoms with Gasteiger partial charge < -0.3 is 18.8 Å². The lowest BCUT2D eigenvalue weighted by atomic mass is 9.49. The molecule has 1 aliphatic heterocycles. The van der Waals surface area contributed by atoms with E-state index in [1.54, 1.807) is 0 Å². The molecular weight excluding hydrogens is 504 g/mol. The van der Waals surface area contributed by atoms with Crippen LogP contribution >= 0.6 is 0 Å². The molecule has 6 bridgehead atoms. The molecule has 7 atom stereocenters. The molecule has 1 saturated heterocycles. The van der Waals surface area contributed by atoms with Crippen molar-refractivity contribution in [3.8, 4) is 5.75 Å². The highest BCUT2D eigenvalue weighted by Crippen LogP contribution is 2.64. The molecule has 6 aliphatic carbocycles. The standard InChI is InChI=1S/C26H26O10S/c27-19-13-5-12-6-14(19)10-25(8-12,9-13)22(28)35-20-15-7-18-21(20)36-24(30)26(18,11-15)23(29)34-16-1-3-17(4-2-16)37(31,32)33/h1-4,12-15,18,20-21H,5-11H2,(H,31,32,33)/p-1. The van der Waals surface area contributed by atoms with Crippen molar-refractivity contribution in [3.05, 3.63) is 24.3 Å². The van der Waals surface area contributed by atoms with E-state index < -0.39 is 55.9 Å². The normalized spacial score (nSPS) is 42.7.